The van der Waals surface area contributed by atoms with Crippen LogP contribution in [-0.4, -0.2) is 32.6 Å². The zero-order valence-corrected chi connectivity index (χ0v) is 12.1. The molecule has 2 aromatic rings. The largest absolute Gasteiger partial charge is 0.357 e. The number of nitrogens with zero attached hydrogens (tertiary/aromatic N) is 5. The van der Waals surface area contributed by atoms with Crippen LogP contribution in [0.4, 0.5) is 5.82 Å². The van der Waals surface area contributed by atoms with E-state index in [1.165, 1.54) is 0 Å². The maximum Gasteiger partial charge on any atom is 0.256 e. The van der Waals surface area contributed by atoms with Crippen molar-refractivity contribution < 1.29 is 0 Å². The van der Waals surface area contributed by atoms with E-state index in [0.29, 0.717) is 11.5 Å². The summed E-state index contributed by atoms with van der Waals surface area (Å²) in [6.07, 6.45) is 8.74. The third-order valence-electron chi connectivity index (χ3n) is 4.03. The summed E-state index contributed by atoms with van der Waals surface area (Å²) >= 11 is 0. The highest BCUT2D eigenvalue weighted by molar-refractivity contribution is 5.36. The second-order valence-electron chi connectivity index (χ2n) is 5.53. The average Bonchev–Trinajstić information content (AvgIpc) is 2.53. The molecule has 0 aliphatic carbocycles. The van der Waals surface area contributed by atoms with Gasteiger partial charge in [-0.25, -0.2) is 15.0 Å². The molecule has 0 saturated carbocycles. The maximum absolute atomic E-state index is 12.0. The smallest absolute Gasteiger partial charge is 0.256 e. The SMILES string of the molecule is Cc1cncn(CC2CCN(c3ccncn3)CC2)c1=O. The molecule has 110 valence electrons. The summed E-state index contributed by atoms with van der Waals surface area (Å²) in [6, 6.07) is 1.94. The van der Waals surface area contributed by atoms with Gasteiger partial charge in [0.05, 0.1) is 6.33 Å². The van der Waals surface area contributed by atoms with E-state index < -0.39 is 0 Å². The summed E-state index contributed by atoms with van der Waals surface area (Å²) in [4.78, 5) is 26.6. The van der Waals surface area contributed by atoms with Crippen LogP contribution in [0.2, 0.25) is 0 Å². The monoisotopic (exact) mass is 285 g/mol. The third kappa shape index (κ3) is 3.09. The second kappa shape index (κ2) is 6.03. The fraction of sp³-hybridized carbons (Fsp3) is 0.467. The van der Waals surface area contributed by atoms with Crippen molar-refractivity contribution in [2.75, 3.05) is 18.0 Å². The molecule has 21 heavy (non-hydrogen) atoms. The standard InChI is InChI=1S/C15H19N5O/c1-12-8-17-11-20(15(12)21)9-13-3-6-19(7-4-13)14-2-5-16-10-18-14/h2,5,8,10-11,13H,3-4,6-7,9H2,1H3. The first-order valence-corrected chi connectivity index (χ1v) is 7.26. The normalized spacial score (nSPS) is 16.1. The van der Waals surface area contributed by atoms with Gasteiger partial charge in [-0.2, -0.15) is 0 Å². The lowest BCUT2D eigenvalue weighted by molar-refractivity contribution is 0.349. The molecule has 0 radical (unpaired) electrons. The number of rotatable bonds is 3. The molecule has 2 aromatic heterocycles. The van der Waals surface area contributed by atoms with E-state index in [9.17, 15) is 4.79 Å². The van der Waals surface area contributed by atoms with Crippen molar-refractivity contribution in [1.29, 1.82) is 0 Å². The van der Waals surface area contributed by atoms with Crippen molar-refractivity contribution in [3.05, 3.63) is 47.0 Å². The molecule has 3 rings (SSSR count). The van der Waals surface area contributed by atoms with Gasteiger partial charge < -0.3 is 4.90 Å². The first kappa shape index (κ1) is 13.7. The Balaban J connectivity index is 1.61. The molecule has 3 heterocycles. The molecule has 6 nitrogen and oxygen atoms in total. The second-order valence-corrected chi connectivity index (χ2v) is 5.53. The molecule has 0 N–H and O–H groups in total. The molecule has 6 heteroatoms. The molecule has 1 fully saturated rings. The Hall–Kier alpha value is -2.24. The first-order valence-electron chi connectivity index (χ1n) is 7.26. The van der Waals surface area contributed by atoms with Gasteiger partial charge in [-0.15, -0.1) is 0 Å². The number of hydrogen-bond donors (Lipinski definition) is 0. The highest BCUT2D eigenvalue weighted by Gasteiger charge is 2.20. The minimum absolute atomic E-state index is 0.0724. The van der Waals surface area contributed by atoms with Crippen LogP contribution in [0, 0.1) is 12.8 Å². The summed E-state index contributed by atoms with van der Waals surface area (Å²) in [5, 5.41) is 0. The van der Waals surface area contributed by atoms with Gasteiger partial charge in [0, 0.05) is 37.6 Å². The molecule has 0 unspecified atom stereocenters. The van der Waals surface area contributed by atoms with Gasteiger partial charge in [-0.3, -0.25) is 9.36 Å². The average molecular weight is 285 g/mol. The number of hydrogen-bond acceptors (Lipinski definition) is 5. The zero-order chi connectivity index (χ0) is 14.7. The Morgan fingerprint density at radius 1 is 1.29 bits per heavy atom. The van der Waals surface area contributed by atoms with Crippen LogP contribution in [0.1, 0.15) is 18.4 Å². The van der Waals surface area contributed by atoms with Crippen molar-refractivity contribution in [1.82, 2.24) is 19.5 Å². The molecule has 0 amide bonds. The topological polar surface area (TPSA) is 63.9 Å². The van der Waals surface area contributed by atoms with Crippen molar-refractivity contribution in [3.63, 3.8) is 0 Å². The lowest BCUT2D eigenvalue weighted by atomic mass is 9.96. The predicted octanol–water partition coefficient (Wildman–Crippen LogP) is 1.26. The Bertz CT molecular complexity index is 647. The molecule has 0 bridgehead atoms. The lowest BCUT2D eigenvalue weighted by Crippen LogP contribution is -2.37. The van der Waals surface area contributed by atoms with Crippen LogP contribution in [-0.2, 0) is 6.54 Å². The number of anilines is 1. The summed E-state index contributed by atoms with van der Waals surface area (Å²) < 4.78 is 1.74. The summed E-state index contributed by atoms with van der Waals surface area (Å²) in [5.41, 5.74) is 0.777. The Morgan fingerprint density at radius 2 is 2.10 bits per heavy atom. The van der Waals surface area contributed by atoms with E-state index in [2.05, 4.69) is 19.9 Å². The molecule has 1 saturated heterocycles. The first-order chi connectivity index (χ1) is 10.2. The van der Waals surface area contributed by atoms with Crippen LogP contribution in [0.3, 0.4) is 0 Å². The molecule has 0 atom stereocenters. The number of aryl methyl sites for hydroxylation is 1. The van der Waals surface area contributed by atoms with E-state index in [1.807, 2.05) is 13.0 Å². The summed E-state index contributed by atoms with van der Waals surface area (Å²) in [6.45, 7) is 4.50. The van der Waals surface area contributed by atoms with Crippen LogP contribution in [0.15, 0.2) is 35.9 Å². The Kier molecular flexibility index (Phi) is 3.94. The van der Waals surface area contributed by atoms with Gasteiger partial charge in [-0.1, -0.05) is 0 Å². The van der Waals surface area contributed by atoms with Crippen molar-refractivity contribution in [2.45, 2.75) is 26.3 Å². The molecule has 0 aromatic carbocycles. The van der Waals surface area contributed by atoms with E-state index in [4.69, 9.17) is 0 Å². The van der Waals surface area contributed by atoms with Gasteiger partial charge in [0.1, 0.15) is 12.1 Å². The Labute approximate surface area is 123 Å². The minimum atomic E-state index is 0.0724. The van der Waals surface area contributed by atoms with Gasteiger partial charge >= 0.3 is 0 Å². The van der Waals surface area contributed by atoms with Crippen LogP contribution >= 0.6 is 0 Å². The van der Waals surface area contributed by atoms with Crippen LogP contribution in [0.5, 0.6) is 0 Å². The van der Waals surface area contributed by atoms with Gasteiger partial charge in [0.2, 0.25) is 0 Å². The molecule has 1 aliphatic heterocycles. The summed E-state index contributed by atoms with van der Waals surface area (Å²) in [5.74, 6) is 1.50. The predicted molar refractivity (Wildman–Crippen MR) is 80.2 cm³/mol. The van der Waals surface area contributed by atoms with E-state index in [1.54, 1.807) is 29.6 Å². The summed E-state index contributed by atoms with van der Waals surface area (Å²) in [7, 11) is 0. The van der Waals surface area contributed by atoms with Gasteiger partial charge in [0.15, 0.2) is 0 Å². The van der Waals surface area contributed by atoms with Gasteiger partial charge in [-0.05, 0) is 31.7 Å². The number of piperidine rings is 1. The van der Waals surface area contributed by atoms with E-state index in [0.717, 1.165) is 38.3 Å². The van der Waals surface area contributed by atoms with Gasteiger partial charge in [0.25, 0.3) is 5.56 Å². The van der Waals surface area contributed by atoms with Crippen molar-refractivity contribution in [3.8, 4) is 0 Å². The highest BCUT2D eigenvalue weighted by Crippen LogP contribution is 2.22. The van der Waals surface area contributed by atoms with E-state index >= 15 is 0 Å². The molecular weight excluding hydrogens is 266 g/mol. The van der Waals surface area contributed by atoms with Crippen LogP contribution < -0.4 is 10.5 Å². The Morgan fingerprint density at radius 3 is 2.81 bits per heavy atom. The van der Waals surface area contributed by atoms with E-state index in [-0.39, 0.29) is 5.56 Å². The molecule has 0 spiro atoms. The highest BCUT2D eigenvalue weighted by atomic mass is 16.1. The quantitative estimate of drug-likeness (QED) is 0.849. The lowest BCUT2D eigenvalue weighted by Gasteiger charge is -2.32. The molecular formula is C15H19N5O. The minimum Gasteiger partial charge on any atom is -0.357 e. The molecule has 1 aliphatic rings. The fourth-order valence-corrected chi connectivity index (χ4v) is 2.78. The fourth-order valence-electron chi connectivity index (χ4n) is 2.78. The maximum atomic E-state index is 12.0. The third-order valence-corrected chi connectivity index (χ3v) is 4.03. The van der Waals surface area contributed by atoms with Crippen molar-refractivity contribution >= 4 is 5.82 Å². The zero-order valence-electron chi connectivity index (χ0n) is 12.1. The van der Waals surface area contributed by atoms with Crippen molar-refractivity contribution in [2.24, 2.45) is 5.92 Å². The van der Waals surface area contributed by atoms with Crippen LogP contribution in [0.25, 0.3) is 0 Å². The number of aromatic nitrogens is 4.